The zero-order valence-electron chi connectivity index (χ0n) is 5.31. The van der Waals surface area contributed by atoms with Gasteiger partial charge in [0, 0.05) is 7.05 Å². The number of primary amides is 1. The van der Waals surface area contributed by atoms with Crippen LogP contribution in [-0.2, 0) is 0 Å². The van der Waals surface area contributed by atoms with E-state index in [-0.39, 0.29) is 0 Å². The summed E-state index contributed by atoms with van der Waals surface area (Å²) in [4.78, 5) is 11.7. The van der Waals surface area contributed by atoms with Gasteiger partial charge in [0.15, 0.2) is 5.82 Å². The van der Waals surface area contributed by atoms with Crippen molar-refractivity contribution in [1.82, 2.24) is 9.59 Å². The highest BCUT2D eigenvalue weighted by molar-refractivity contribution is 7.03. The number of nitrogens with two attached hydrogens (primary N) is 1. The van der Waals surface area contributed by atoms with Gasteiger partial charge in [0.2, 0.25) is 0 Å². The monoisotopic (exact) mass is 158 g/mol. The Bertz CT molecular complexity index is 221. The second-order valence-corrected chi connectivity index (χ2v) is 2.27. The number of hydrogen-bond donors (Lipinski definition) is 1. The molecular formula is C4H6N4OS. The molecule has 2 N–H and O–H groups in total. The van der Waals surface area contributed by atoms with Crippen LogP contribution in [0.1, 0.15) is 0 Å². The average Bonchev–Trinajstić information content (AvgIpc) is 2.36. The molecule has 0 aliphatic rings. The Kier molecular flexibility index (Phi) is 1.81. The lowest BCUT2D eigenvalue weighted by Crippen LogP contribution is -2.31. The van der Waals surface area contributed by atoms with Crippen molar-refractivity contribution in [2.24, 2.45) is 5.73 Å². The Balaban J connectivity index is 2.77. The molecule has 2 amide bonds. The van der Waals surface area contributed by atoms with Gasteiger partial charge in [0.05, 0.1) is 5.38 Å². The van der Waals surface area contributed by atoms with Gasteiger partial charge in [-0.25, -0.2) is 4.79 Å². The van der Waals surface area contributed by atoms with Gasteiger partial charge in [-0.2, -0.15) is 0 Å². The van der Waals surface area contributed by atoms with Crippen LogP contribution in [0.3, 0.4) is 0 Å². The second kappa shape index (κ2) is 2.61. The summed E-state index contributed by atoms with van der Waals surface area (Å²) in [5.74, 6) is 0.484. The zero-order valence-corrected chi connectivity index (χ0v) is 6.13. The summed E-state index contributed by atoms with van der Waals surface area (Å²) in [7, 11) is 1.54. The molecule has 0 saturated heterocycles. The highest BCUT2D eigenvalue weighted by Crippen LogP contribution is 2.07. The number of rotatable bonds is 1. The standard InChI is InChI=1S/C4H6N4OS/c1-8(4(5)9)3-2-10-7-6-3/h2H,1H3,(H2,5,9). The van der Waals surface area contributed by atoms with Gasteiger partial charge in [0.1, 0.15) is 0 Å². The minimum absolute atomic E-state index is 0.484. The number of carbonyl (C=O) groups excluding carboxylic acids is 1. The largest absolute Gasteiger partial charge is 0.351 e. The van der Waals surface area contributed by atoms with Crippen molar-refractivity contribution in [1.29, 1.82) is 0 Å². The summed E-state index contributed by atoms with van der Waals surface area (Å²) in [6.45, 7) is 0. The Morgan fingerprint density at radius 1 is 1.90 bits per heavy atom. The van der Waals surface area contributed by atoms with Gasteiger partial charge in [-0.1, -0.05) is 4.49 Å². The highest BCUT2D eigenvalue weighted by Gasteiger charge is 2.07. The van der Waals surface area contributed by atoms with Crippen molar-refractivity contribution >= 4 is 23.4 Å². The predicted octanol–water partition coefficient (Wildman–Crippen LogP) is 0.0530. The van der Waals surface area contributed by atoms with Crippen LogP contribution in [0, 0.1) is 0 Å². The third-order valence-corrected chi connectivity index (χ3v) is 1.51. The first-order chi connectivity index (χ1) is 4.72. The number of anilines is 1. The van der Waals surface area contributed by atoms with Gasteiger partial charge in [0.25, 0.3) is 0 Å². The van der Waals surface area contributed by atoms with Gasteiger partial charge in [-0.3, -0.25) is 4.90 Å². The van der Waals surface area contributed by atoms with Crippen LogP contribution < -0.4 is 10.6 Å². The molecule has 0 aromatic carbocycles. The lowest BCUT2D eigenvalue weighted by atomic mass is 10.7. The SMILES string of the molecule is CN(C(N)=O)c1csnn1. The van der Waals surface area contributed by atoms with E-state index >= 15 is 0 Å². The molecule has 0 fully saturated rings. The van der Waals surface area contributed by atoms with Crippen LogP contribution in [-0.4, -0.2) is 22.7 Å². The van der Waals surface area contributed by atoms with Gasteiger partial charge >= 0.3 is 6.03 Å². The number of aromatic nitrogens is 2. The molecule has 0 unspecified atom stereocenters. The molecule has 0 atom stereocenters. The maximum atomic E-state index is 10.5. The first-order valence-corrected chi connectivity index (χ1v) is 3.35. The summed E-state index contributed by atoms with van der Waals surface area (Å²) in [5.41, 5.74) is 4.95. The zero-order chi connectivity index (χ0) is 7.56. The highest BCUT2D eigenvalue weighted by atomic mass is 32.1. The number of nitrogens with zero attached hydrogens (tertiary/aromatic N) is 3. The molecule has 5 nitrogen and oxygen atoms in total. The van der Waals surface area contributed by atoms with E-state index in [2.05, 4.69) is 9.59 Å². The molecule has 0 radical (unpaired) electrons. The molecule has 1 rings (SSSR count). The Morgan fingerprint density at radius 2 is 2.60 bits per heavy atom. The molecule has 0 saturated carbocycles. The van der Waals surface area contributed by atoms with Crippen molar-refractivity contribution in [2.45, 2.75) is 0 Å². The smallest absolute Gasteiger partial charge is 0.320 e. The van der Waals surface area contributed by atoms with Gasteiger partial charge in [-0.05, 0) is 11.5 Å². The third-order valence-electron chi connectivity index (χ3n) is 1.02. The first kappa shape index (κ1) is 6.94. The van der Waals surface area contributed by atoms with Crippen LogP contribution in [0.25, 0.3) is 0 Å². The average molecular weight is 158 g/mol. The van der Waals surface area contributed by atoms with E-state index in [1.807, 2.05) is 0 Å². The fourth-order valence-electron chi connectivity index (χ4n) is 0.419. The van der Waals surface area contributed by atoms with Crippen molar-refractivity contribution in [2.75, 3.05) is 11.9 Å². The van der Waals surface area contributed by atoms with Crippen molar-refractivity contribution in [3.8, 4) is 0 Å². The molecular weight excluding hydrogens is 152 g/mol. The van der Waals surface area contributed by atoms with Crippen molar-refractivity contribution < 1.29 is 4.79 Å². The van der Waals surface area contributed by atoms with E-state index in [1.54, 1.807) is 12.4 Å². The van der Waals surface area contributed by atoms with E-state index in [0.29, 0.717) is 5.82 Å². The van der Waals surface area contributed by atoms with Crippen LogP contribution in [0.15, 0.2) is 5.38 Å². The normalized spacial score (nSPS) is 9.30. The Labute approximate surface area is 61.6 Å². The lowest BCUT2D eigenvalue weighted by molar-refractivity contribution is 0.255. The van der Waals surface area contributed by atoms with Crippen LogP contribution in [0.4, 0.5) is 10.6 Å². The number of hydrogen-bond acceptors (Lipinski definition) is 4. The molecule has 1 aromatic rings. The fraction of sp³-hybridized carbons (Fsp3) is 0.250. The summed E-state index contributed by atoms with van der Waals surface area (Å²) >= 11 is 1.17. The lowest BCUT2D eigenvalue weighted by Gasteiger charge is -2.07. The second-order valence-electron chi connectivity index (χ2n) is 1.66. The molecule has 0 aliphatic carbocycles. The molecule has 54 valence electrons. The van der Waals surface area contributed by atoms with Gasteiger partial charge in [-0.15, -0.1) is 5.10 Å². The van der Waals surface area contributed by atoms with Crippen LogP contribution in [0.2, 0.25) is 0 Å². The summed E-state index contributed by atoms with van der Waals surface area (Å²) in [5, 5.41) is 5.27. The fourth-order valence-corrected chi connectivity index (χ4v) is 0.896. The first-order valence-electron chi connectivity index (χ1n) is 2.52. The van der Waals surface area contributed by atoms with Crippen LogP contribution >= 0.6 is 11.5 Å². The predicted molar refractivity (Wildman–Crippen MR) is 37.9 cm³/mol. The Hall–Kier alpha value is -1.17. The summed E-state index contributed by atoms with van der Waals surface area (Å²) in [6.07, 6.45) is 0. The minimum Gasteiger partial charge on any atom is -0.351 e. The van der Waals surface area contributed by atoms with Crippen molar-refractivity contribution in [3.05, 3.63) is 5.38 Å². The van der Waals surface area contributed by atoms with Gasteiger partial charge < -0.3 is 5.73 Å². The maximum Gasteiger partial charge on any atom is 0.320 e. The molecule has 0 bridgehead atoms. The third kappa shape index (κ3) is 1.21. The molecule has 6 heteroatoms. The van der Waals surface area contributed by atoms with E-state index in [4.69, 9.17) is 5.73 Å². The molecule has 1 heterocycles. The van der Waals surface area contributed by atoms with Crippen LogP contribution in [0.5, 0.6) is 0 Å². The molecule has 1 aromatic heterocycles. The van der Waals surface area contributed by atoms with Crippen molar-refractivity contribution in [3.63, 3.8) is 0 Å². The minimum atomic E-state index is -0.535. The molecule has 10 heavy (non-hydrogen) atoms. The number of carbonyl (C=O) groups is 1. The molecule has 0 spiro atoms. The van der Waals surface area contributed by atoms with E-state index in [1.165, 1.54) is 16.4 Å². The maximum absolute atomic E-state index is 10.5. The van der Waals surface area contributed by atoms with E-state index < -0.39 is 6.03 Å². The number of urea groups is 1. The quantitative estimate of drug-likeness (QED) is 0.627. The van der Waals surface area contributed by atoms with E-state index in [9.17, 15) is 4.79 Å². The number of amides is 2. The molecule has 0 aliphatic heterocycles. The topological polar surface area (TPSA) is 72.1 Å². The Morgan fingerprint density at radius 3 is 3.00 bits per heavy atom. The summed E-state index contributed by atoms with van der Waals surface area (Å²) in [6, 6.07) is -0.535. The van der Waals surface area contributed by atoms with E-state index in [0.717, 1.165) is 0 Å². The summed E-state index contributed by atoms with van der Waals surface area (Å²) < 4.78 is 3.57.